The third kappa shape index (κ3) is 2.82. The van der Waals surface area contributed by atoms with Gasteiger partial charge in [0, 0.05) is 4.47 Å². The van der Waals surface area contributed by atoms with Crippen molar-refractivity contribution in [3.63, 3.8) is 0 Å². The number of rotatable bonds is 1. The summed E-state index contributed by atoms with van der Waals surface area (Å²) in [5.41, 5.74) is 3.24. The van der Waals surface area contributed by atoms with Crippen molar-refractivity contribution in [3.8, 4) is 0 Å². The minimum Gasteiger partial charge on any atom is -0.376 e. The second-order valence-corrected chi connectivity index (χ2v) is 4.07. The summed E-state index contributed by atoms with van der Waals surface area (Å²) in [7, 11) is 0. The van der Waals surface area contributed by atoms with Gasteiger partial charge in [-0.25, -0.2) is 4.39 Å². The molecule has 1 aromatic carbocycles. The van der Waals surface area contributed by atoms with Crippen LogP contribution in [0.5, 0.6) is 0 Å². The number of nitrogens with two attached hydrogens (primary N) is 1. The van der Waals surface area contributed by atoms with Crippen LogP contribution in [0.25, 0.3) is 0 Å². The summed E-state index contributed by atoms with van der Waals surface area (Å²) >= 11 is 7.05. The zero-order valence-electron chi connectivity index (χ0n) is 7.53. The Balaban J connectivity index is 3.33. The third-order valence-corrected chi connectivity index (χ3v) is 2.40. The normalized spacial score (nSPS) is 11.3. The molecule has 0 atom stereocenters. The number of hydrogen-bond acceptors (Lipinski definition) is 1. The Morgan fingerprint density at radius 3 is 2.38 bits per heavy atom. The smallest absolute Gasteiger partial charge is 0.376 e. The van der Waals surface area contributed by atoms with E-state index in [4.69, 9.17) is 5.73 Å². The molecule has 0 heterocycles. The Morgan fingerprint density at radius 1 is 1.38 bits per heavy atom. The number of halogens is 5. The van der Waals surface area contributed by atoms with E-state index in [1.165, 1.54) is 0 Å². The summed E-state index contributed by atoms with van der Waals surface area (Å²) in [5.74, 6) is -1.45. The quantitative estimate of drug-likeness (QED) is 0.617. The first-order chi connectivity index (χ1) is 7.23. The molecule has 3 N–H and O–H groups in total. The van der Waals surface area contributed by atoms with E-state index in [0.29, 0.717) is 0 Å². The van der Waals surface area contributed by atoms with Gasteiger partial charge in [-0.05, 0) is 24.4 Å². The zero-order chi connectivity index (χ0) is 12.5. The van der Waals surface area contributed by atoms with Crippen molar-refractivity contribution in [1.82, 2.24) is 0 Å². The fourth-order valence-electron chi connectivity index (χ4n) is 1.04. The Bertz CT molecular complexity index is 433. The fraction of sp³-hybridized carbons (Fsp3) is 0.125. The maximum Gasteiger partial charge on any atom is 0.420 e. The highest BCUT2D eigenvalue weighted by Gasteiger charge is 2.37. The van der Waals surface area contributed by atoms with Gasteiger partial charge in [-0.1, -0.05) is 15.9 Å². The Labute approximate surface area is 102 Å². The molecule has 0 unspecified atom stereocenters. The lowest BCUT2D eigenvalue weighted by molar-refractivity contribution is -0.140. The number of anilines is 1. The summed E-state index contributed by atoms with van der Waals surface area (Å²) in [4.78, 5) is 0. The van der Waals surface area contributed by atoms with Gasteiger partial charge in [0.1, 0.15) is 5.56 Å². The first-order valence-electron chi connectivity index (χ1n) is 3.85. The van der Waals surface area contributed by atoms with Crippen molar-refractivity contribution in [1.29, 1.82) is 0 Å². The Kier molecular flexibility index (Phi) is 3.74. The molecule has 0 saturated heterocycles. The van der Waals surface area contributed by atoms with Crippen molar-refractivity contribution in [2.75, 3.05) is 5.32 Å². The van der Waals surface area contributed by atoms with E-state index in [0.717, 1.165) is 12.1 Å². The average Bonchev–Trinajstić information content (AvgIpc) is 2.07. The van der Waals surface area contributed by atoms with E-state index in [1.54, 1.807) is 0 Å². The van der Waals surface area contributed by atoms with Crippen LogP contribution in [-0.4, -0.2) is 5.11 Å². The van der Waals surface area contributed by atoms with Gasteiger partial charge in [0.05, 0.1) is 5.69 Å². The molecule has 0 spiro atoms. The van der Waals surface area contributed by atoms with E-state index in [9.17, 15) is 17.6 Å². The highest BCUT2D eigenvalue weighted by atomic mass is 79.9. The lowest BCUT2D eigenvalue weighted by Gasteiger charge is -2.13. The number of benzene rings is 1. The Morgan fingerprint density at radius 2 is 1.94 bits per heavy atom. The van der Waals surface area contributed by atoms with Gasteiger partial charge in [-0.2, -0.15) is 13.2 Å². The van der Waals surface area contributed by atoms with E-state index in [-0.39, 0.29) is 9.59 Å². The molecule has 0 aromatic heterocycles. The lowest BCUT2D eigenvalue weighted by Crippen LogP contribution is -2.21. The molecule has 88 valence electrons. The first-order valence-corrected chi connectivity index (χ1v) is 5.05. The molecule has 1 aromatic rings. The molecular weight excluding hydrogens is 312 g/mol. The van der Waals surface area contributed by atoms with Gasteiger partial charge in [-0.3, -0.25) is 0 Å². The molecular formula is C8H5BrF4N2S. The topological polar surface area (TPSA) is 38.0 Å². The SMILES string of the molecule is NC(=S)Nc1ccc(Br)c(C(F)(F)F)c1F. The molecule has 0 radical (unpaired) electrons. The molecule has 16 heavy (non-hydrogen) atoms. The zero-order valence-corrected chi connectivity index (χ0v) is 9.93. The third-order valence-electron chi connectivity index (χ3n) is 1.63. The van der Waals surface area contributed by atoms with Crippen molar-refractivity contribution in [2.24, 2.45) is 5.73 Å². The molecule has 0 bridgehead atoms. The van der Waals surface area contributed by atoms with Gasteiger partial charge < -0.3 is 11.1 Å². The van der Waals surface area contributed by atoms with Crippen LogP contribution in [0.3, 0.4) is 0 Å². The molecule has 0 aliphatic carbocycles. The lowest BCUT2D eigenvalue weighted by atomic mass is 10.2. The summed E-state index contributed by atoms with van der Waals surface area (Å²) in [6.45, 7) is 0. The maximum atomic E-state index is 13.5. The number of nitrogens with one attached hydrogen (secondary N) is 1. The molecule has 0 fully saturated rings. The summed E-state index contributed by atoms with van der Waals surface area (Å²) in [6, 6.07) is 2.17. The minimum atomic E-state index is -4.79. The van der Waals surface area contributed by atoms with Crippen LogP contribution in [0.15, 0.2) is 16.6 Å². The van der Waals surface area contributed by atoms with Gasteiger partial charge in [0.25, 0.3) is 0 Å². The van der Waals surface area contributed by atoms with Gasteiger partial charge >= 0.3 is 6.18 Å². The Hall–Kier alpha value is -0.890. The van der Waals surface area contributed by atoms with Crippen LogP contribution in [0.1, 0.15) is 5.56 Å². The van der Waals surface area contributed by atoms with Crippen LogP contribution in [0, 0.1) is 5.82 Å². The van der Waals surface area contributed by atoms with Crippen molar-refractivity contribution in [3.05, 3.63) is 28.0 Å². The summed E-state index contributed by atoms with van der Waals surface area (Å²) in [5, 5.41) is 1.82. The standard InChI is InChI=1S/C8H5BrF4N2S/c9-3-1-2-4(15-7(14)16)6(10)5(3)8(11,12)13/h1-2H,(H3,14,15,16). The van der Waals surface area contributed by atoms with Gasteiger partial charge in [-0.15, -0.1) is 0 Å². The van der Waals surface area contributed by atoms with Crippen LogP contribution in [-0.2, 0) is 6.18 Å². The predicted molar refractivity (Wildman–Crippen MR) is 59.5 cm³/mol. The molecule has 1 rings (SSSR count). The van der Waals surface area contributed by atoms with Crippen LogP contribution in [0.4, 0.5) is 23.2 Å². The molecule has 0 amide bonds. The molecule has 8 heteroatoms. The minimum absolute atomic E-state index is 0.311. The van der Waals surface area contributed by atoms with Crippen LogP contribution < -0.4 is 11.1 Å². The fourth-order valence-corrected chi connectivity index (χ4v) is 1.68. The van der Waals surface area contributed by atoms with Crippen molar-refractivity contribution in [2.45, 2.75) is 6.18 Å². The molecule has 0 aliphatic rings. The largest absolute Gasteiger partial charge is 0.420 e. The molecule has 2 nitrogen and oxygen atoms in total. The second kappa shape index (κ2) is 4.54. The number of thiocarbonyl (C=S) groups is 1. The number of hydrogen-bond donors (Lipinski definition) is 2. The summed E-state index contributed by atoms with van der Waals surface area (Å²) < 4.78 is 50.5. The summed E-state index contributed by atoms with van der Waals surface area (Å²) in [6.07, 6.45) is -4.79. The highest BCUT2D eigenvalue weighted by Crippen LogP contribution is 2.39. The monoisotopic (exact) mass is 316 g/mol. The van der Waals surface area contributed by atoms with Crippen molar-refractivity contribution >= 4 is 38.9 Å². The van der Waals surface area contributed by atoms with E-state index in [1.807, 2.05) is 0 Å². The second-order valence-electron chi connectivity index (χ2n) is 2.77. The van der Waals surface area contributed by atoms with Crippen molar-refractivity contribution < 1.29 is 17.6 Å². The van der Waals surface area contributed by atoms with E-state index >= 15 is 0 Å². The predicted octanol–water partition coefficient (Wildman–Crippen LogP) is 3.26. The van der Waals surface area contributed by atoms with E-state index < -0.39 is 23.2 Å². The number of alkyl halides is 3. The average molecular weight is 317 g/mol. The van der Waals surface area contributed by atoms with E-state index in [2.05, 4.69) is 33.5 Å². The van der Waals surface area contributed by atoms with Gasteiger partial charge in [0.2, 0.25) is 0 Å². The molecule has 0 saturated carbocycles. The first kappa shape index (κ1) is 13.2. The van der Waals surface area contributed by atoms with Crippen LogP contribution >= 0.6 is 28.1 Å². The maximum absolute atomic E-state index is 13.5. The highest BCUT2D eigenvalue weighted by molar-refractivity contribution is 9.10. The molecule has 0 aliphatic heterocycles. The van der Waals surface area contributed by atoms with Gasteiger partial charge in [0.15, 0.2) is 10.9 Å². The van der Waals surface area contributed by atoms with Crippen LogP contribution in [0.2, 0.25) is 0 Å².